The number of aryl methyl sites for hydroxylation is 2. The van der Waals surface area contributed by atoms with Crippen molar-refractivity contribution in [1.82, 2.24) is 4.90 Å². The Morgan fingerprint density at radius 2 is 2.00 bits per heavy atom. The lowest BCUT2D eigenvalue weighted by molar-refractivity contribution is -0.131. The Hall–Kier alpha value is -2.56. The molecule has 1 aliphatic rings. The second-order valence-corrected chi connectivity index (χ2v) is 6.82. The second-order valence-electron chi connectivity index (χ2n) is 6.82. The predicted molar refractivity (Wildman–Crippen MR) is 93.5 cm³/mol. The van der Waals surface area contributed by atoms with E-state index in [4.69, 9.17) is 9.52 Å². The number of carboxylic acid groups (broad SMARTS) is 1. The van der Waals surface area contributed by atoms with Gasteiger partial charge in [-0.1, -0.05) is 24.3 Å². The number of amides is 1. The summed E-state index contributed by atoms with van der Waals surface area (Å²) < 4.78 is 5.46. The van der Waals surface area contributed by atoms with E-state index in [9.17, 15) is 9.59 Å². The van der Waals surface area contributed by atoms with Gasteiger partial charge >= 0.3 is 5.97 Å². The average molecular weight is 341 g/mol. The number of hydrogen-bond acceptors (Lipinski definition) is 3. The third-order valence-corrected chi connectivity index (χ3v) is 4.93. The zero-order valence-corrected chi connectivity index (χ0v) is 14.6. The monoisotopic (exact) mass is 341 g/mol. The van der Waals surface area contributed by atoms with Crippen LogP contribution in [0, 0.1) is 12.8 Å². The van der Waals surface area contributed by atoms with E-state index in [1.54, 1.807) is 18.9 Å². The van der Waals surface area contributed by atoms with Crippen LogP contribution in [0.1, 0.15) is 45.8 Å². The third kappa shape index (κ3) is 3.92. The summed E-state index contributed by atoms with van der Waals surface area (Å²) in [6.07, 6.45) is 3.51. The lowest BCUT2D eigenvalue weighted by atomic mass is 9.82. The molecule has 1 heterocycles. The molecule has 1 aromatic heterocycles. The summed E-state index contributed by atoms with van der Waals surface area (Å²) in [5, 5.41) is 9.08. The SMILES string of the molecule is Cc1oc(CN(C)C(=O)CC2CCc3ccccc3C2)cc1C(=O)O. The molecule has 1 atom stereocenters. The molecule has 0 bridgehead atoms. The van der Waals surface area contributed by atoms with E-state index in [-0.39, 0.29) is 18.0 Å². The van der Waals surface area contributed by atoms with Gasteiger partial charge in [-0.3, -0.25) is 4.79 Å². The zero-order valence-electron chi connectivity index (χ0n) is 14.6. The van der Waals surface area contributed by atoms with Gasteiger partial charge in [-0.15, -0.1) is 0 Å². The van der Waals surface area contributed by atoms with Crippen LogP contribution in [0.5, 0.6) is 0 Å². The number of furan rings is 1. The quantitative estimate of drug-likeness (QED) is 0.904. The van der Waals surface area contributed by atoms with Crippen molar-refractivity contribution in [1.29, 1.82) is 0 Å². The van der Waals surface area contributed by atoms with Gasteiger partial charge < -0.3 is 14.4 Å². The minimum absolute atomic E-state index is 0.0651. The van der Waals surface area contributed by atoms with E-state index >= 15 is 0 Å². The highest BCUT2D eigenvalue weighted by Crippen LogP contribution is 2.28. The molecule has 0 saturated heterocycles. The van der Waals surface area contributed by atoms with Crippen LogP contribution >= 0.6 is 0 Å². The molecule has 5 heteroatoms. The molecule has 1 aliphatic carbocycles. The highest BCUT2D eigenvalue weighted by atomic mass is 16.4. The topological polar surface area (TPSA) is 70.8 Å². The highest BCUT2D eigenvalue weighted by Gasteiger charge is 2.23. The van der Waals surface area contributed by atoms with Crippen LogP contribution in [-0.2, 0) is 24.2 Å². The number of nitrogens with zero attached hydrogens (tertiary/aromatic N) is 1. The first-order chi connectivity index (χ1) is 11.9. The number of rotatable bonds is 5. The van der Waals surface area contributed by atoms with Gasteiger partial charge in [-0.25, -0.2) is 4.79 Å². The van der Waals surface area contributed by atoms with Crippen LogP contribution < -0.4 is 0 Å². The molecule has 3 rings (SSSR count). The first kappa shape index (κ1) is 17.3. The normalized spacial score (nSPS) is 16.3. The van der Waals surface area contributed by atoms with Crippen molar-refractivity contribution in [3.63, 3.8) is 0 Å². The molecule has 0 spiro atoms. The second kappa shape index (κ2) is 7.13. The highest BCUT2D eigenvalue weighted by molar-refractivity contribution is 5.88. The number of carbonyl (C=O) groups is 2. The Labute approximate surface area is 147 Å². The van der Waals surface area contributed by atoms with Crippen molar-refractivity contribution < 1.29 is 19.1 Å². The van der Waals surface area contributed by atoms with Gasteiger partial charge in [0, 0.05) is 13.5 Å². The van der Waals surface area contributed by atoms with Crippen LogP contribution in [0.25, 0.3) is 0 Å². The minimum atomic E-state index is -1.01. The van der Waals surface area contributed by atoms with E-state index in [1.165, 1.54) is 17.2 Å². The molecule has 1 aromatic carbocycles. The van der Waals surface area contributed by atoms with E-state index < -0.39 is 5.97 Å². The van der Waals surface area contributed by atoms with Gasteiger partial charge in [0.15, 0.2) is 0 Å². The Kier molecular flexibility index (Phi) is 4.93. The lowest BCUT2D eigenvalue weighted by Crippen LogP contribution is -2.29. The maximum absolute atomic E-state index is 12.5. The van der Waals surface area contributed by atoms with Gasteiger partial charge in [0.2, 0.25) is 5.91 Å². The Morgan fingerprint density at radius 3 is 2.68 bits per heavy atom. The van der Waals surface area contributed by atoms with Crippen LogP contribution in [0.15, 0.2) is 34.7 Å². The van der Waals surface area contributed by atoms with Crippen molar-refractivity contribution in [3.8, 4) is 0 Å². The van der Waals surface area contributed by atoms with Crippen LogP contribution in [0.3, 0.4) is 0 Å². The van der Waals surface area contributed by atoms with E-state index in [1.807, 2.05) is 0 Å². The molecular weight excluding hydrogens is 318 g/mol. The lowest BCUT2D eigenvalue weighted by Gasteiger charge is -2.26. The van der Waals surface area contributed by atoms with Gasteiger partial charge in [0.1, 0.15) is 17.1 Å². The fraction of sp³-hybridized carbons (Fsp3) is 0.400. The summed E-state index contributed by atoms with van der Waals surface area (Å²) in [4.78, 5) is 25.2. The molecule has 0 saturated carbocycles. The summed E-state index contributed by atoms with van der Waals surface area (Å²) in [6, 6.07) is 9.93. The first-order valence-corrected chi connectivity index (χ1v) is 8.57. The number of carbonyl (C=O) groups excluding carboxylic acids is 1. The van der Waals surface area contributed by atoms with Crippen molar-refractivity contribution in [2.45, 2.75) is 39.2 Å². The fourth-order valence-corrected chi connectivity index (χ4v) is 3.51. The van der Waals surface area contributed by atoms with Crippen LogP contribution in [-0.4, -0.2) is 28.9 Å². The standard InChI is InChI=1S/C20H23NO4/c1-13-18(20(23)24)11-17(25-13)12-21(2)19(22)10-14-7-8-15-5-3-4-6-16(15)9-14/h3-6,11,14H,7-10,12H2,1-2H3,(H,23,24). The Bertz CT molecular complexity index is 793. The first-order valence-electron chi connectivity index (χ1n) is 8.57. The molecule has 1 N–H and O–H groups in total. The molecule has 0 radical (unpaired) electrons. The average Bonchev–Trinajstić information content (AvgIpc) is 2.95. The number of carboxylic acids is 1. The molecule has 25 heavy (non-hydrogen) atoms. The maximum Gasteiger partial charge on any atom is 0.339 e. The molecule has 1 unspecified atom stereocenters. The number of hydrogen-bond donors (Lipinski definition) is 1. The summed E-state index contributed by atoms with van der Waals surface area (Å²) in [6.45, 7) is 1.91. The van der Waals surface area contributed by atoms with E-state index in [0.717, 1.165) is 19.3 Å². The van der Waals surface area contributed by atoms with Gasteiger partial charge in [-0.05, 0) is 49.3 Å². The number of aromatic carboxylic acids is 1. The van der Waals surface area contributed by atoms with E-state index in [0.29, 0.717) is 23.9 Å². The number of fused-ring (bicyclic) bond motifs is 1. The molecular formula is C20H23NO4. The van der Waals surface area contributed by atoms with Gasteiger partial charge in [0.25, 0.3) is 0 Å². The van der Waals surface area contributed by atoms with Crippen molar-refractivity contribution in [2.75, 3.05) is 7.05 Å². The molecule has 2 aromatic rings. The predicted octanol–water partition coefficient (Wildman–Crippen LogP) is 3.44. The van der Waals surface area contributed by atoms with Gasteiger partial charge in [-0.2, -0.15) is 0 Å². The molecule has 0 fully saturated rings. The smallest absolute Gasteiger partial charge is 0.339 e. The zero-order chi connectivity index (χ0) is 18.0. The molecule has 0 aliphatic heterocycles. The molecule has 132 valence electrons. The summed E-state index contributed by atoms with van der Waals surface area (Å²) >= 11 is 0. The Morgan fingerprint density at radius 1 is 1.28 bits per heavy atom. The Balaban J connectivity index is 1.58. The summed E-state index contributed by atoms with van der Waals surface area (Å²) in [5.41, 5.74) is 2.90. The van der Waals surface area contributed by atoms with Crippen LogP contribution in [0.2, 0.25) is 0 Å². The molecule has 5 nitrogen and oxygen atoms in total. The van der Waals surface area contributed by atoms with Crippen molar-refractivity contribution in [2.24, 2.45) is 5.92 Å². The largest absolute Gasteiger partial charge is 0.478 e. The summed E-state index contributed by atoms with van der Waals surface area (Å²) in [7, 11) is 1.73. The van der Waals surface area contributed by atoms with Crippen molar-refractivity contribution in [3.05, 3.63) is 58.5 Å². The maximum atomic E-state index is 12.5. The molecule has 1 amide bonds. The number of benzene rings is 1. The van der Waals surface area contributed by atoms with E-state index in [2.05, 4.69) is 24.3 Å². The fourth-order valence-electron chi connectivity index (χ4n) is 3.51. The van der Waals surface area contributed by atoms with Crippen molar-refractivity contribution >= 4 is 11.9 Å². The minimum Gasteiger partial charge on any atom is -0.478 e. The van der Waals surface area contributed by atoms with Gasteiger partial charge in [0.05, 0.1) is 6.54 Å². The van der Waals surface area contributed by atoms with Crippen LogP contribution in [0.4, 0.5) is 0 Å². The summed E-state index contributed by atoms with van der Waals surface area (Å²) in [5.74, 6) is 0.280. The third-order valence-electron chi connectivity index (χ3n) is 4.93.